The molecule has 1 fully saturated rings. The van der Waals surface area contributed by atoms with Crippen molar-refractivity contribution in [2.75, 3.05) is 11.5 Å². The van der Waals surface area contributed by atoms with Gasteiger partial charge in [0.1, 0.15) is 5.76 Å². The molecule has 0 spiro atoms. The van der Waals surface area contributed by atoms with Gasteiger partial charge >= 0.3 is 5.97 Å². The average molecular weight is 512 g/mol. The summed E-state index contributed by atoms with van der Waals surface area (Å²) in [6, 6.07) is 18.9. The first-order valence-corrected chi connectivity index (χ1v) is 12.7. The highest BCUT2D eigenvalue weighted by Crippen LogP contribution is 2.43. The number of ketones is 1. The van der Waals surface area contributed by atoms with Gasteiger partial charge in [-0.25, -0.2) is 4.79 Å². The molecule has 4 rings (SSSR count). The van der Waals surface area contributed by atoms with E-state index in [0.717, 1.165) is 16.7 Å². The van der Waals surface area contributed by atoms with Crippen LogP contribution >= 0.6 is 0 Å². The van der Waals surface area contributed by atoms with Crippen LogP contribution < -0.4 is 4.90 Å². The van der Waals surface area contributed by atoms with Crippen LogP contribution in [0.2, 0.25) is 0 Å². The van der Waals surface area contributed by atoms with E-state index in [0.29, 0.717) is 16.8 Å². The second-order valence-corrected chi connectivity index (χ2v) is 10.6. The predicted molar refractivity (Wildman–Crippen MR) is 148 cm³/mol. The van der Waals surface area contributed by atoms with E-state index in [1.807, 2.05) is 56.3 Å². The highest BCUT2D eigenvalue weighted by molar-refractivity contribution is 6.51. The summed E-state index contributed by atoms with van der Waals surface area (Å²) in [7, 11) is 0. The van der Waals surface area contributed by atoms with E-state index >= 15 is 0 Å². The average Bonchev–Trinajstić information content (AvgIpc) is 3.13. The molecule has 1 aliphatic heterocycles. The quantitative estimate of drug-likeness (QED) is 0.185. The fourth-order valence-corrected chi connectivity index (χ4v) is 4.74. The van der Waals surface area contributed by atoms with E-state index in [2.05, 4.69) is 20.8 Å². The summed E-state index contributed by atoms with van der Waals surface area (Å²) in [5.74, 6) is -2.30. The van der Waals surface area contributed by atoms with E-state index < -0.39 is 23.7 Å². The van der Waals surface area contributed by atoms with Gasteiger partial charge in [-0.15, -0.1) is 0 Å². The van der Waals surface area contributed by atoms with Gasteiger partial charge in [0.05, 0.1) is 23.8 Å². The molecule has 0 aromatic heterocycles. The van der Waals surface area contributed by atoms with Crippen LogP contribution in [0, 0.1) is 13.8 Å². The van der Waals surface area contributed by atoms with Gasteiger partial charge in [0, 0.05) is 11.3 Å². The van der Waals surface area contributed by atoms with E-state index in [1.54, 1.807) is 25.1 Å². The van der Waals surface area contributed by atoms with Crippen molar-refractivity contribution >= 4 is 29.1 Å². The minimum Gasteiger partial charge on any atom is -0.507 e. The van der Waals surface area contributed by atoms with Crippen molar-refractivity contribution in [3.8, 4) is 0 Å². The summed E-state index contributed by atoms with van der Waals surface area (Å²) >= 11 is 0. The van der Waals surface area contributed by atoms with Crippen LogP contribution in [0.25, 0.3) is 5.76 Å². The number of amides is 1. The first kappa shape index (κ1) is 26.9. The third-order valence-electron chi connectivity index (χ3n) is 6.80. The molecule has 6 heteroatoms. The maximum Gasteiger partial charge on any atom is 0.338 e. The van der Waals surface area contributed by atoms with Crippen molar-refractivity contribution in [3.05, 3.63) is 106 Å². The molecule has 1 aliphatic rings. The molecular weight excluding hydrogens is 478 g/mol. The molecule has 1 saturated heterocycles. The summed E-state index contributed by atoms with van der Waals surface area (Å²) in [4.78, 5) is 40.9. The Morgan fingerprint density at radius 3 is 2.34 bits per heavy atom. The second kappa shape index (κ2) is 10.3. The van der Waals surface area contributed by atoms with Crippen molar-refractivity contribution in [1.82, 2.24) is 0 Å². The lowest BCUT2D eigenvalue weighted by atomic mass is 9.84. The summed E-state index contributed by atoms with van der Waals surface area (Å²) < 4.78 is 5.13. The third kappa shape index (κ3) is 4.99. The van der Waals surface area contributed by atoms with Crippen LogP contribution in [-0.4, -0.2) is 29.4 Å². The zero-order valence-corrected chi connectivity index (χ0v) is 22.7. The van der Waals surface area contributed by atoms with Gasteiger partial charge in [0.2, 0.25) is 0 Å². The highest BCUT2D eigenvalue weighted by atomic mass is 16.5. The van der Waals surface area contributed by atoms with Crippen LogP contribution in [0.1, 0.15) is 71.9 Å². The summed E-state index contributed by atoms with van der Waals surface area (Å²) in [6.07, 6.45) is 0. The van der Waals surface area contributed by atoms with Crippen LogP contribution in [0.4, 0.5) is 5.69 Å². The standard InChI is InChI=1S/C32H33NO5/c1-7-38-31(37)22-12-9-13-24(17-22)33-27(21-11-8-10-19(2)16-21)26(29(35)30(33)36)28(34)25-18-23(32(4,5)6)15-14-20(25)3/h8-18,27,34H,7H2,1-6H3/b28-26+. The highest BCUT2D eigenvalue weighted by Gasteiger charge is 2.47. The van der Waals surface area contributed by atoms with Gasteiger partial charge in [0.15, 0.2) is 0 Å². The molecule has 3 aromatic carbocycles. The van der Waals surface area contributed by atoms with Crippen molar-refractivity contribution in [1.29, 1.82) is 0 Å². The van der Waals surface area contributed by atoms with Crippen LogP contribution in [0.15, 0.2) is 72.3 Å². The van der Waals surface area contributed by atoms with Crippen LogP contribution in [-0.2, 0) is 19.7 Å². The number of aliphatic hydroxyl groups is 1. The van der Waals surface area contributed by atoms with E-state index in [4.69, 9.17) is 4.74 Å². The zero-order valence-electron chi connectivity index (χ0n) is 22.7. The molecule has 0 saturated carbocycles. The summed E-state index contributed by atoms with van der Waals surface area (Å²) in [5, 5.41) is 11.7. The lowest BCUT2D eigenvalue weighted by Crippen LogP contribution is -2.29. The van der Waals surface area contributed by atoms with Gasteiger partial charge in [-0.1, -0.05) is 68.8 Å². The number of esters is 1. The summed E-state index contributed by atoms with van der Waals surface area (Å²) in [6.45, 7) is 11.9. The maximum atomic E-state index is 13.6. The Hall–Kier alpha value is -4.19. The Morgan fingerprint density at radius 1 is 0.974 bits per heavy atom. The van der Waals surface area contributed by atoms with Crippen molar-refractivity contribution < 1.29 is 24.2 Å². The molecule has 3 aromatic rings. The van der Waals surface area contributed by atoms with Gasteiger partial charge in [-0.3, -0.25) is 14.5 Å². The Bertz CT molecular complexity index is 1460. The Kier molecular flexibility index (Phi) is 7.27. The fraction of sp³-hybridized carbons (Fsp3) is 0.281. The number of rotatable bonds is 5. The first-order chi connectivity index (χ1) is 17.9. The molecule has 0 aliphatic carbocycles. The largest absolute Gasteiger partial charge is 0.507 e. The summed E-state index contributed by atoms with van der Waals surface area (Å²) in [5.41, 5.74) is 4.37. The lowest BCUT2D eigenvalue weighted by Gasteiger charge is -2.26. The first-order valence-electron chi connectivity index (χ1n) is 12.7. The molecule has 1 atom stereocenters. The molecular formula is C32H33NO5. The van der Waals surface area contributed by atoms with Crippen LogP contribution in [0.3, 0.4) is 0 Å². The molecule has 6 nitrogen and oxygen atoms in total. The number of carbonyl (C=O) groups is 3. The SMILES string of the molecule is CCOC(=O)c1cccc(N2C(=O)C(=O)/C(=C(/O)c3cc(C(C)(C)C)ccc3C)C2c2cccc(C)c2)c1. The molecule has 1 unspecified atom stereocenters. The number of anilines is 1. The normalized spacial score (nSPS) is 17.1. The van der Waals surface area contributed by atoms with Crippen molar-refractivity contribution in [2.45, 2.75) is 53.0 Å². The maximum absolute atomic E-state index is 13.6. The van der Waals surface area contributed by atoms with Gasteiger partial charge in [-0.05, 0) is 67.1 Å². The number of aryl methyl sites for hydroxylation is 2. The molecule has 1 amide bonds. The predicted octanol–water partition coefficient (Wildman–Crippen LogP) is 6.40. The number of hydrogen-bond acceptors (Lipinski definition) is 5. The molecule has 38 heavy (non-hydrogen) atoms. The fourth-order valence-electron chi connectivity index (χ4n) is 4.74. The Balaban J connectivity index is 1.96. The Morgan fingerprint density at radius 2 is 1.68 bits per heavy atom. The third-order valence-corrected chi connectivity index (χ3v) is 6.80. The van der Waals surface area contributed by atoms with Crippen molar-refractivity contribution in [2.24, 2.45) is 0 Å². The van der Waals surface area contributed by atoms with E-state index in [-0.39, 0.29) is 28.9 Å². The number of benzene rings is 3. The number of Topliss-reactive ketones (excluding diaryl/α,β-unsaturated/α-hetero) is 1. The molecule has 1 heterocycles. The second-order valence-electron chi connectivity index (χ2n) is 10.6. The molecule has 0 radical (unpaired) electrons. The van der Waals surface area contributed by atoms with E-state index in [9.17, 15) is 19.5 Å². The number of nitrogens with zero attached hydrogens (tertiary/aromatic N) is 1. The minimum absolute atomic E-state index is 0.0105. The minimum atomic E-state index is -0.884. The van der Waals surface area contributed by atoms with Gasteiger partial charge < -0.3 is 9.84 Å². The zero-order chi connectivity index (χ0) is 27.8. The smallest absolute Gasteiger partial charge is 0.338 e. The van der Waals surface area contributed by atoms with Gasteiger partial charge in [0.25, 0.3) is 11.7 Å². The van der Waals surface area contributed by atoms with E-state index in [1.165, 1.54) is 11.0 Å². The number of ether oxygens (including phenoxy) is 1. The Labute approximate surface area is 223 Å². The number of carbonyl (C=O) groups excluding carboxylic acids is 3. The number of hydrogen-bond donors (Lipinski definition) is 1. The molecule has 1 N–H and O–H groups in total. The topological polar surface area (TPSA) is 83.9 Å². The van der Waals surface area contributed by atoms with Crippen LogP contribution in [0.5, 0.6) is 0 Å². The van der Waals surface area contributed by atoms with Crippen molar-refractivity contribution in [3.63, 3.8) is 0 Å². The number of aliphatic hydroxyl groups excluding tert-OH is 1. The van der Waals surface area contributed by atoms with Gasteiger partial charge in [-0.2, -0.15) is 0 Å². The monoisotopic (exact) mass is 511 g/mol. The molecule has 196 valence electrons. The lowest BCUT2D eigenvalue weighted by molar-refractivity contribution is -0.132. The molecule has 0 bridgehead atoms.